The number of carbonyl (C=O) groups excluding carboxylic acids is 1. The molecule has 1 rings (SSSR count). The van der Waals surface area contributed by atoms with Crippen LogP contribution < -0.4 is 5.32 Å². The monoisotopic (exact) mass is 270 g/mol. The van der Waals surface area contributed by atoms with Gasteiger partial charge in [0.05, 0.1) is 4.92 Å². The van der Waals surface area contributed by atoms with Gasteiger partial charge in [-0.25, -0.2) is 4.79 Å². The normalized spacial score (nSPS) is 11.8. The Kier molecular flexibility index (Phi) is 4.98. The predicted molar refractivity (Wildman–Crippen MR) is 63.4 cm³/mol. The molecule has 19 heavy (non-hydrogen) atoms. The Bertz CT molecular complexity index is 484. The largest absolute Gasteiger partial charge is 0.480 e. The first-order valence-corrected chi connectivity index (χ1v) is 5.63. The minimum absolute atomic E-state index is 0.226. The van der Waals surface area contributed by atoms with Gasteiger partial charge in [0.15, 0.2) is 0 Å². The maximum Gasteiger partial charge on any atom is 0.326 e. The number of hydrogen-bond acceptors (Lipinski definition) is 5. The number of rotatable bonds is 7. The molecule has 0 aliphatic carbocycles. The third kappa shape index (κ3) is 4.37. The van der Waals surface area contributed by atoms with Gasteiger partial charge in [-0.15, -0.1) is 0 Å². The highest BCUT2D eigenvalue weighted by Crippen LogP contribution is 2.07. The average Bonchev–Trinajstić information content (AvgIpc) is 2.76. The Balaban J connectivity index is 2.58. The van der Waals surface area contributed by atoms with E-state index in [9.17, 15) is 19.7 Å². The summed E-state index contributed by atoms with van der Waals surface area (Å²) in [7, 11) is 0. The molecule has 0 aliphatic rings. The summed E-state index contributed by atoms with van der Waals surface area (Å²) in [6, 6.07) is -0.956. The summed E-state index contributed by atoms with van der Waals surface area (Å²) < 4.78 is 1.08. The SMILES string of the molecule is CCCC(NC(=O)Cn1cc([N+](=O)[O-])cn1)C(=O)O. The van der Waals surface area contributed by atoms with Crippen molar-refractivity contribution in [3.63, 3.8) is 0 Å². The topological polar surface area (TPSA) is 127 Å². The Morgan fingerprint density at radius 2 is 2.32 bits per heavy atom. The fraction of sp³-hybridized carbons (Fsp3) is 0.500. The van der Waals surface area contributed by atoms with Crippen molar-refractivity contribution >= 4 is 17.6 Å². The lowest BCUT2D eigenvalue weighted by Crippen LogP contribution is -2.42. The van der Waals surface area contributed by atoms with Crippen LogP contribution in [0.15, 0.2) is 12.4 Å². The molecule has 1 unspecified atom stereocenters. The summed E-state index contributed by atoms with van der Waals surface area (Å²) in [6.45, 7) is 1.54. The highest BCUT2D eigenvalue weighted by Gasteiger charge is 2.19. The number of aromatic nitrogens is 2. The maximum atomic E-state index is 11.6. The number of carboxylic acid groups (broad SMARTS) is 1. The van der Waals surface area contributed by atoms with E-state index < -0.39 is 22.8 Å². The molecule has 9 nitrogen and oxygen atoms in total. The van der Waals surface area contributed by atoms with E-state index in [2.05, 4.69) is 10.4 Å². The zero-order valence-electron chi connectivity index (χ0n) is 10.3. The highest BCUT2D eigenvalue weighted by molar-refractivity contribution is 5.83. The van der Waals surface area contributed by atoms with Crippen molar-refractivity contribution in [2.24, 2.45) is 0 Å². The fourth-order valence-corrected chi connectivity index (χ4v) is 1.47. The van der Waals surface area contributed by atoms with Crippen molar-refractivity contribution in [1.29, 1.82) is 0 Å². The quantitative estimate of drug-likeness (QED) is 0.536. The lowest BCUT2D eigenvalue weighted by atomic mass is 10.1. The van der Waals surface area contributed by atoms with Gasteiger partial charge < -0.3 is 10.4 Å². The lowest BCUT2D eigenvalue weighted by Gasteiger charge is -2.13. The summed E-state index contributed by atoms with van der Waals surface area (Å²) in [5, 5.41) is 25.3. The van der Waals surface area contributed by atoms with Crippen LogP contribution in [0.2, 0.25) is 0 Å². The van der Waals surface area contributed by atoms with Gasteiger partial charge in [-0.3, -0.25) is 19.6 Å². The van der Waals surface area contributed by atoms with Gasteiger partial charge in [0, 0.05) is 0 Å². The number of carbonyl (C=O) groups is 2. The molecule has 2 N–H and O–H groups in total. The lowest BCUT2D eigenvalue weighted by molar-refractivity contribution is -0.385. The predicted octanol–water partition coefficient (Wildman–Crippen LogP) is 0.161. The molecule has 0 radical (unpaired) electrons. The fourth-order valence-electron chi connectivity index (χ4n) is 1.47. The number of carboxylic acids is 1. The van der Waals surface area contributed by atoms with E-state index in [4.69, 9.17) is 5.11 Å². The maximum absolute atomic E-state index is 11.6. The second kappa shape index (κ2) is 6.47. The zero-order chi connectivity index (χ0) is 14.4. The van der Waals surface area contributed by atoms with Crippen molar-refractivity contribution in [3.05, 3.63) is 22.5 Å². The van der Waals surface area contributed by atoms with Crippen LogP contribution in [0.1, 0.15) is 19.8 Å². The van der Waals surface area contributed by atoms with Crippen LogP contribution in [-0.2, 0) is 16.1 Å². The molecule has 9 heteroatoms. The van der Waals surface area contributed by atoms with Crippen LogP contribution in [0.5, 0.6) is 0 Å². The van der Waals surface area contributed by atoms with E-state index in [1.165, 1.54) is 0 Å². The van der Waals surface area contributed by atoms with E-state index in [1.54, 1.807) is 6.92 Å². The number of nitro groups is 1. The van der Waals surface area contributed by atoms with Crippen molar-refractivity contribution < 1.29 is 19.6 Å². The summed E-state index contributed by atoms with van der Waals surface area (Å²) in [6.07, 6.45) is 3.06. The van der Waals surface area contributed by atoms with E-state index in [1.807, 2.05) is 0 Å². The molecule has 1 aromatic rings. The van der Waals surface area contributed by atoms with Crippen LogP contribution in [-0.4, -0.2) is 37.7 Å². The molecule has 1 heterocycles. The standard InChI is InChI=1S/C10H14N4O5/c1-2-3-8(10(16)17)12-9(15)6-13-5-7(4-11-13)14(18)19/h4-5,8H,2-3,6H2,1H3,(H,12,15)(H,16,17). The molecule has 1 amide bonds. The first-order valence-electron chi connectivity index (χ1n) is 5.63. The molecule has 0 aromatic carbocycles. The van der Waals surface area contributed by atoms with Gasteiger partial charge in [0.1, 0.15) is 25.0 Å². The first kappa shape index (κ1) is 14.6. The number of nitrogens with one attached hydrogen (secondary N) is 1. The highest BCUT2D eigenvalue weighted by atomic mass is 16.6. The van der Waals surface area contributed by atoms with Crippen LogP contribution in [0.25, 0.3) is 0 Å². The van der Waals surface area contributed by atoms with Crippen LogP contribution >= 0.6 is 0 Å². The molecule has 0 aliphatic heterocycles. The molecule has 0 saturated heterocycles. The van der Waals surface area contributed by atoms with Crippen molar-refractivity contribution in [1.82, 2.24) is 15.1 Å². The van der Waals surface area contributed by atoms with Gasteiger partial charge in [-0.05, 0) is 6.42 Å². The number of amides is 1. The molecule has 1 aromatic heterocycles. The van der Waals surface area contributed by atoms with Gasteiger partial charge in [0.25, 0.3) is 0 Å². The van der Waals surface area contributed by atoms with Gasteiger partial charge in [-0.2, -0.15) is 5.10 Å². The van der Waals surface area contributed by atoms with E-state index in [0.717, 1.165) is 17.1 Å². The van der Waals surface area contributed by atoms with Gasteiger partial charge >= 0.3 is 11.7 Å². The summed E-state index contributed by atoms with van der Waals surface area (Å²) >= 11 is 0. The Labute approximate surface area is 108 Å². The molecule has 0 fully saturated rings. The number of nitrogens with zero attached hydrogens (tertiary/aromatic N) is 3. The number of hydrogen-bond donors (Lipinski definition) is 2. The number of aliphatic carboxylic acids is 1. The second-order valence-corrected chi connectivity index (χ2v) is 3.90. The second-order valence-electron chi connectivity index (χ2n) is 3.90. The summed E-state index contributed by atoms with van der Waals surface area (Å²) in [5.41, 5.74) is -0.226. The summed E-state index contributed by atoms with van der Waals surface area (Å²) in [4.78, 5) is 32.2. The third-order valence-electron chi connectivity index (χ3n) is 2.35. The third-order valence-corrected chi connectivity index (χ3v) is 2.35. The van der Waals surface area contributed by atoms with Crippen LogP contribution in [0, 0.1) is 10.1 Å². The summed E-state index contributed by atoms with van der Waals surface area (Å²) in [5.74, 6) is -1.67. The Morgan fingerprint density at radius 3 is 2.79 bits per heavy atom. The van der Waals surface area contributed by atoms with E-state index >= 15 is 0 Å². The average molecular weight is 270 g/mol. The van der Waals surface area contributed by atoms with Crippen molar-refractivity contribution in [3.8, 4) is 0 Å². The van der Waals surface area contributed by atoms with Crippen LogP contribution in [0.4, 0.5) is 5.69 Å². The van der Waals surface area contributed by atoms with Crippen molar-refractivity contribution in [2.45, 2.75) is 32.4 Å². The van der Waals surface area contributed by atoms with Crippen molar-refractivity contribution in [2.75, 3.05) is 0 Å². The molecular formula is C10H14N4O5. The molecule has 0 bridgehead atoms. The van der Waals surface area contributed by atoms with E-state index in [0.29, 0.717) is 12.8 Å². The Hall–Kier alpha value is -2.45. The minimum atomic E-state index is -1.11. The Morgan fingerprint density at radius 1 is 1.63 bits per heavy atom. The van der Waals surface area contributed by atoms with Gasteiger partial charge in [-0.1, -0.05) is 13.3 Å². The minimum Gasteiger partial charge on any atom is -0.480 e. The zero-order valence-corrected chi connectivity index (χ0v) is 10.3. The van der Waals surface area contributed by atoms with Crippen LogP contribution in [0.3, 0.4) is 0 Å². The molecule has 0 saturated carbocycles. The molecule has 104 valence electrons. The molecule has 0 spiro atoms. The molecule has 1 atom stereocenters. The molecular weight excluding hydrogens is 256 g/mol. The smallest absolute Gasteiger partial charge is 0.326 e. The van der Waals surface area contributed by atoms with E-state index in [-0.39, 0.29) is 12.2 Å². The van der Waals surface area contributed by atoms with Gasteiger partial charge in [0.2, 0.25) is 5.91 Å². The first-order chi connectivity index (χ1) is 8.93.